The Labute approximate surface area is 55.9 Å². The largest absolute Gasteiger partial charge is 0.284 e. The van der Waals surface area contributed by atoms with Crippen LogP contribution >= 0.6 is 20.9 Å². The second-order valence-corrected chi connectivity index (χ2v) is 3.43. The molecule has 0 saturated carbocycles. The maximum Gasteiger partial charge on any atom is 0.262 e. The van der Waals surface area contributed by atoms with Gasteiger partial charge in [-0.2, -0.15) is 17.7 Å². The molecule has 0 aliphatic heterocycles. The van der Waals surface area contributed by atoms with E-state index < -0.39 is 7.45 Å². The van der Waals surface area contributed by atoms with Gasteiger partial charge in [0.2, 0.25) is 0 Å². The van der Waals surface area contributed by atoms with Crippen molar-refractivity contribution in [2.24, 2.45) is 0 Å². The highest BCUT2D eigenvalue weighted by Gasteiger charge is 2.02. The average Bonchev–Trinajstić information content (AvgIpc) is 1.30. The van der Waals surface area contributed by atoms with Gasteiger partial charge in [-0.1, -0.05) is 6.08 Å². The van der Waals surface area contributed by atoms with E-state index in [2.05, 4.69) is 0 Å². The van der Waals surface area contributed by atoms with Gasteiger partial charge in [0, 0.05) is 12.5 Å². The topological polar surface area (TPSA) is 17.1 Å². The van der Waals surface area contributed by atoms with Crippen LogP contribution in [0.2, 0.25) is 0 Å². The molecule has 0 heterocycles. The van der Waals surface area contributed by atoms with E-state index >= 15 is 0 Å². The minimum Gasteiger partial charge on any atom is -0.284 e. The quantitative estimate of drug-likeness (QED) is 0.533. The molecule has 0 spiro atoms. The van der Waals surface area contributed by atoms with Crippen molar-refractivity contribution in [2.45, 2.75) is 6.92 Å². The summed E-state index contributed by atoms with van der Waals surface area (Å²) in [5, 5.41) is 0. The molecule has 8 heavy (non-hydrogen) atoms. The van der Waals surface area contributed by atoms with Crippen LogP contribution in [0.4, 0.5) is 4.20 Å². The number of hydrogen-bond donors (Lipinski definition) is 0. The molecule has 4 heteroatoms. The summed E-state index contributed by atoms with van der Waals surface area (Å²) in [7, 11) is -3.35. The van der Waals surface area contributed by atoms with Crippen molar-refractivity contribution in [3.8, 4) is 0 Å². The van der Waals surface area contributed by atoms with Crippen molar-refractivity contribution < 1.29 is 8.76 Å². The fourth-order valence-electron chi connectivity index (χ4n) is 0.266. The van der Waals surface area contributed by atoms with Gasteiger partial charge in [-0.3, -0.25) is 4.57 Å². The van der Waals surface area contributed by atoms with Gasteiger partial charge in [0.25, 0.3) is 7.45 Å². The Hall–Kier alpha value is 0.250. The Balaban J connectivity index is 0. The summed E-state index contributed by atoms with van der Waals surface area (Å²) >= 11 is 0. The van der Waals surface area contributed by atoms with E-state index in [0.29, 0.717) is 0 Å². The summed E-state index contributed by atoms with van der Waals surface area (Å²) in [5.74, 6) is 1.08. The Morgan fingerprint density at radius 3 is 2.00 bits per heavy atom. The zero-order valence-corrected chi connectivity index (χ0v) is 6.78. The molecule has 0 saturated heterocycles. The van der Waals surface area contributed by atoms with E-state index in [4.69, 9.17) is 0 Å². The molecule has 0 rings (SSSR count). The Morgan fingerprint density at radius 1 is 1.62 bits per heavy atom. The fraction of sp³-hybridized carbons (Fsp3) is 0.500. The lowest BCUT2D eigenvalue weighted by Gasteiger charge is -1.86. The molecule has 0 fully saturated rings. The second-order valence-electron chi connectivity index (χ2n) is 1.36. The molecule has 0 bridgehead atoms. The maximum atomic E-state index is 11.9. The molecule has 0 aliphatic rings. The molecule has 1 unspecified atom stereocenters. The molecule has 0 amide bonds. The molecular weight excluding hydrogens is 146 g/mol. The van der Waals surface area contributed by atoms with E-state index in [1.807, 2.05) is 0 Å². The lowest BCUT2D eigenvalue weighted by molar-refractivity contribution is 0.554. The van der Waals surface area contributed by atoms with Crippen LogP contribution < -0.4 is 0 Å². The van der Waals surface area contributed by atoms with Gasteiger partial charge in [0.1, 0.15) is 0 Å². The van der Waals surface area contributed by atoms with E-state index in [1.165, 1.54) is 6.08 Å². The standard InChI is InChI=1S/C4H8FOP.H2S/c1-3-4-7(2,5)6;/h3-4H,1-2H3;1H2. The molecule has 0 aromatic heterocycles. The van der Waals surface area contributed by atoms with Gasteiger partial charge < -0.3 is 0 Å². The van der Waals surface area contributed by atoms with Gasteiger partial charge in [-0.15, -0.1) is 0 Å². The minimum absolute atomic E-state index is 0. The summed E-state index contributed by atoms with van der Waals surface area (Å²) in [6.45, 7) is 2.71. The summed E-state index contributed by atoms with van der Waals surface area (Å²) < 4.78 is 21.9. The van der Waals surface area contributed by atoms with Gasteiger partial charge in [0.05, 0.1) is 0 Å². The van der Waals surface area contributed by atoms with Crippen LogP contribution in [0.15, 0.2) is 11.9 Å². The predicted molar refractivity (Wildman–Crippen MR) is 39.8 cm³/mol. The number of hydrogen-bond acceptors (Lipinski definition) is 1. The highest BCUT2D eigenvalue weighted by Crippen LogP contribution is 2.43. The van der Waals surface area contributed by atoms with E-state index in [1.54, 1.807) is 6.92 Å². The summed E-state index contributed by atoms with van der Waals surface area (Å²) in [6.07, 6.45) is 1.45. The van der Waals surface area contributed by atoms with Gasteiger partial charge >= 0.3 is 0 Å². The molecule has 0 aromatic rings. The monoisotopic (exact) mass is 156 g/mol. The van der Waals surface area contributed by atoms with Crippen LogP contribution in [-0.4, -0.2) is 6.66 Å². The van der Waals surface area contributed by atoms with Crippen LogP contribution in [0.1, 0.15) is 6.92 Å². The highest BCUT2D eigenvalue weighted by atomic mass is 32.1. The third-order valence-electron chi connectivity index (χ3n) is 0.415. The van der Waals surface area contributed by atoms with Gasteiger partial charge in [-0.25, -0.2) is 0 Å². The van der Waals surface area contributed by atoms with Crippen molar-refractivity contribution >= 4 is 20.9 Å². The Bertz CT molecular complexity index is 117. The Morgan fingerprint density at radius 2 is 2.00 bits per heavy atom. The SMILES string of the molecule is CC=CP(C)(=O)F.S. The molecule has 1 atom stereocenters. The lowest BCUT2D eigenvalue weighted by atomic mass is 10.8. The zero-order chi connectivity index (χ0) is 5.91. The summed E-state index contributed by atoms with van der Waals surface area (Å²) in [5.41, 5.74) is 0. The maximum absolute atomic E-state index is 11.9. The number of rotatable bonds is 1. The molecule has 0 radical (unpaired) electrons. The van der Waals surface area contributed by atoms with Gasteiger partial charge in [0.15, 0.2) is 0 Å². The third kappa shape index (κ3) is 9.54. The highest BCUT2D eigenvalue weighted by molar-refractivity contribution is 7.61. The zero-order valence-electron chi connectivity index (χ0n) is 4.89. The van der Waals surface area contributed by atoms with Crippen LogP contribution in [0, 0.1) is 0 Å². The molecule has 0 aliphatic carbocycles. The Kier molecular flexibility index (Phi) is 5.77. The first kappa shape index (κ1) is 11.1. The second kappa shape index (κ2) is 4.16. The van der Waals surface area contributed by atoms with E-state index in [0.717, 1.165) is 12.5 Å². The van der Waals surface area contributed by atoms with Crippen molar-refractivity contribution in [2.75, 3.05) is 6.66 Å². The first-order valence-corrected chi connectivity index (χ1v) is 4.08. The van der Waals surface area contributed by atoms with Crippen LogP contribution in [0.3, 0.4) is 0 Å². The first-order chi connectivity index (χ1) is 3.06. The third-order valence-corrected chi connectivity index (χ3v) is 1.25. The van der Waals surface area contributed by atoms with Crippen LogP contribution in [0.25, 0.3) is 0 Å². The average molecular weight is 156 g/mol. The number of allylic oxidation sites excluding steroid dienone is 1. The van der Waals surface area contributed by atoms with Crippen molar-refractivity contribution in [3.05, 3.63) is 11.9 Å². The predicted octanol–water partition coefficient (Wildman–Crippen LogP) is 2.51. The normalized spacial score (nSPS) is 17.4. The van der Waals surface area contributed by atoms with E-state index in [9.17, 15) is 8.76 Å². The summed E-state index contributed by atoms with van der Waals surface area (Å²) in [6, 6.07) is 0. The number of halogens is 1. The minimum atomic E-state index is -3.35. The fourth-order valence-corrected chi connectivity index (χ4v) is 0.799. The smallest absolute Gasteiger partial charge is 0.262 e. The van der Waals surface area contributed by atoms with Crippen molar-refractivity contribution in [1.29, 1.82) is 0 Å². The lowest BCUT2D eigenvalue weighted by Crippen LogP contribution is -1.54. The molecule has 50 valence electrons. The molecule has 0 N–H and O–H groups in total. The molecule has 0 aromatic carbocycles. The van der Waals surface area contributed by atoms with Crippen LogP contribution in [-0.2, 0) is 4.57 Å². The molecule has 1 nitrogen and oxygen atoms in total. The van der Waals surface area contributed by atoms with E-state index in [-0.39, 0.29) is 13.5 Å². The van der Waals surface area contributed by atoms with Crippen molar-refractivity contribution in [1.82, 2.24) is 0 Å². The van der Waals surface area contributed by atoms with Gasteiger partial charge in [-0.05, 0) is 6.92 Å². The summed E-state index contributed by atoms with van der Waals surface area (Å²) in [4.78, 5) is 0. The van der Waals surface area contributed by atoms with Crippen LogP contribution in [0.5, 0.6) is 0 Å². The first-order valence-electron chi connectivity index (χ1n) is 1.97. The van der Waals surface area contributed by atoms with Crippen molar-refractivity contribution in [3.63, 3.8) is 0 Å². The molecular formula is C4H10FOPS.